The van der Waals surface area contributed by atoms with Crippen molar-refractivity contribution >= 4 is 17.8 Å². The van der Waals surface area contributed by atoms with Gasteiger partial charge in [0.15, 0.2) is 0 Å². The molecule has 1 aromatic rings. The van der Waals surface area contributed by atoms with Crippen molar-refractivity contribution < 1.29 is 19.1 Å². The van der Waals surface area contributed by atoms with E-state index in [9.17, 15) is 14.4 Å². The quantitative estimate of drug-likeness (QED) is 0.273. The van der Waals surface area contributed by atoms with Crippen LogP contribution in [0.5, 0.6) is 0 Å². The molecule has 0 fully saturated rings. The predicted octanol–water partition coefficient (Wildman–Crippen LogP) is 2.30. The second-order valence-corrected chi connectivity index (χ2v) is 5.77. The first kappa shape index (κ1) is 16.5. The molecular weight excluding hydrogens is 300 g/mol. The highest BCUT2D eigenvalue weighted by Gasteiger charge is 2.44. The molecule has 2 amide bonds. The number of hydrogen-bond acceptors (Lipinski definition) is 5. The number of carbonyl (C=O) groups excluding carboxylic acids is 3. The lowest BCUT2D eigenvalue weighted by Gasteiger charge is -2.29. The second kappa shape index (κ2) is 6.10. The Balaban J connectivity index is 2.42. The van der Waals surface area contributed by atoms with Crippen molar-refractivity contribution in [2.75, 3.05) is 7.11 Å². The first-order chi connectivity index (χ1) is 10.8. The van der Waals surface area contributed by atoms with Crippen molar-refractivity contribution in [3.8, 4) is 0 Å². The molecule has 0 spiro atoms. The minimum atomic E-state index is -1.16. The molecule has 8 nitrogen and oxygen atoms in total. The molecule has 8 heteroatoms. The van der Waals surface area contributed by atoms with E-state index in [1.165, 1.54) is 19.2 Å². The van der Waals surface area contributed by atoms with Gasteiger partial charge in [0.1, 0.15) is 6.04 Å². The van der Waals surface area contributed by atoms with E-state index in [4.69, 9.17) is 10.3 Å². The van der Waals surface area contributed by atoms with Crippen molar-refractivity contribution in [2.45, 2.75) is 31.8 Å². The fourth-order valence-electron chi connectivity index (χ4n) is 2.54. The van der Waals surface area contributed by atoms with Crippen LogP contribution in [0.15, 0.2) is 29.4 Å². The molecule has 1 aliphatic rings. The number of amides is 2. The number of rotatable bonds is 5. The molecule has 1 heterocycles. The maximum absolute atomic E-state index is 12.5. The molecule has 0 saturated carbocycles. The monoisotopic (exact) mass is 316 g/mol. The molecule has 2 rings (SSSR count). The van der Waals surface area contributed by atoms with Crippen LogP contribution in [-0.4, -0.2) is 41.4 Å². The average molecular weight is 316 g/mol. The molecule has 0 bridgehead atoms. The van der Waals surface area contributed by atoms with Gasteiger partial charge >= 0.3 is 5.97 Å². The van der Waals surface area contributed by atoms with E-state index in [0.717, 1.165) is 4.90 Å². The van der Waals surface area contributed by atoms with Crippen molar-refractivity contribution in [3.63, 3.8) is 0 Å². The lowest BCUT2D eigenvalue weighted by molar-refractivity contribution is -0.145. The number of azide groups is 1. The highest BCUT2D eigenvalue weighted by atomic mass is 16.5. The molecule has 0 N–H and O–H groups in total. The molecule has 0 aliphatic carbocycles. The summed E-state index contributed by atoms with van der Waals surface area (Å²) in [5.41, 5.74) is 8.13. The van der Waals surface area contributed by atoms with Gasteiger partial charge in [-0.3, -0.25) is 14.5 Å². The summed E-state index contributed by atoms with van der Waals surface area (Å²) in [7, 11) is 1.17. The highest BCUT2D eigenvalue weighted by Crippen LogP contribution is 2.29. The smallest absolute Gasteiger partial charge is 0.329 e. The van der Waals surface area contributed by atoms with Crippen molar-refractivity contribution in [2.24, 2.45) is 5.11 Å². The minimum Gasteiger partial charge on any atom is -0.467 e. The molecule has 0 aromatic heterocycles. The number of esters is 1. The molecule has 1 aliphatic heterocycles. The van der Waals surface area contributed by atoms with Gasteiger partial charge < -0.3 is 4.74 Å². The Morgan fingerprint density at radius 2 is 1.83 bits per heavy atom. The van der Waals surface area contributed by atoms with Crippen molar-refractivity contribution in [1.29, 1.82) is 0 Å². The summed E-state index contributed by atoms with van der Waals surface area (Å²) in [4.78, 5) is 40.7. The van der Waals surface area contributed by atoms with E-state index in [1.54, 1.807) is 26.0 Å². The van der Waals surface area contributed by atoms with E-state index >= 15 is 0 Å². The standard InChI is InChI=1S/C15H16N4O4/c1-15(2,17-18-16)8-11(14(22)23-3)19-12(20)9-6-4-5-7-10(9)13(19)21/h4-7,11H,8H2,1-3H3/t11-/m0/s1. The fraction of sp³-hybridized carbons (Fsp3) is 0.400. The number of hydrogen-bond donors (Lipinski definition) is 0. The zero-order valence-electron chi connectivity index (χ0n) is 13.0. The third kappa shape index (κ3) is 3.02. The van der Waals surface area contributed by atoms with Crippen molar-refractivity contribution in [1.82, 2.24) is 4.90 Å². The van der Waals surface area contributed by atoms with E-state index in [2.05, 4.69) is 10.0 Å². The van der Waals surface area contributed by atoms with Gasteiger partial charge in [-0.25, -0.2) is 4.79 Å². The van der Waals surface area contributed by atoms with Gasteiger partial charge in [0.25, 0.3) is 11.8 Å². The van der Waals surface area contributed by atoms with Crippen LogP contribution < -0.4 is 0 Å². The van der Waals surface area contributed by atoms with E-state index in [0.29, 0.717) is 0 Å². The second-order valence-electron chi connectivity index (χ2n) is 5.77. The van der Waals surface area contributed by atoms with Gasteiger partial charge in [-0.05, 0) is 24.1 Å². The van der Waals surface area contributed by atoms with Crippen LogP contribution in [0.4, 0.5) is 0 Å². The number of benzene rings is 1. The normalized spacial score (nSPS) is 15.0. The number of methoxy groups -OCH3 is 1. The first-order valence-electron chi connectivity index (χ1n) is 6.93. The molecule has 120 valence electrons. The number of imide groups is 1. The predicted molar refractivity (Wildman–Crippen MR) is 80.6 cm³/mol. The summed E-state index contributed by atoms with van der Waals surface area (Å²) in [5, 5.41) is 3.61. The Labute approximate surface area is 132 Å². The largest absolute Gasteiger partial charge is 0.467 e. The van der Waals surface area contributed by atoms with E-state index in [1.807, 2.05) is 0 Å². The third-order valence-corrected chi connectivity index (χ3v) is 3.62. The van der Waals surface area contributed by atoms with Gasteiger partial charge in [-0.1, -0.05) is 31.1 Å². The number of nitrogens with zero attached hydrogens (tertiary/aromatic N) is 4. The lowest BCUT2D eigenvalue weighted by Crippen LogP contribution is -2.48. The zero-order chi connectivity index (χ0) is 17.2. The van der Waals surface area contributed by atoms with Crippen LogP contribution in [-0.2, 0) is 9.53 Å². The van der Waals surface area contributed by atoms with Gasteiger partial charge in [-0.2, -0.15) is 0 Å². The SMILES string of the molecule is COC(=O)[C@H](CC(C)(C)N=[N+]=[N-])N1C(=O)c2ccccc2C1=O. The number of carbonyl (C=O) groups is 3. The Morgan fingerprint density at radius 1 is 1.30 bits per heavy atom. The maximum Gasteiger partial charge on any atom is 0.329 e. The average Bonchev–Trinajstić information content (AvgIpc) is 2.76. The molecule has 1 atom stereocenters. The Kier molecular flexibility index (Phi) is 4.38. The molecule has 0 radical (unpaired) electrons. The zero-order valence-corrected chi connectivity index (χ0v) is 13.0. The summed E-state index contributed by atoms with van der Waals surface area (Å²) in [6.07, 6.45) is -0.0325. The minimum absolute atomic E-state index is 0.0325. The van der Waals surface area contributed by atoms with Crippen molar-refractivity contribution in [3.05, 3.63) is 45.8 Å². The van der Waals surface area contributed by atoms with Gasteiger partial charge in [0.05, 0.1) is 18.2 Å². The van der Waals surface area contributed by atoms with Crippen LogP contribution in [0.25, 0.3) is 10.4 Å². The van der Waals surface area contributed by atoms with E-state index < -0.39 is 29.4 Å². The molecular formula is C15H16N4O4. The molecule has 0 saturated heterocycles. The highest BCUT2D eigenvalue weighted by molar-refractivity contribution is 6.22. The summed E-state index contributed by atoms with van der Waals surface area (Å²) in [5.74, 6) is -1.85. The van der Waals surface area contributed by atoms with Gasteiger partial charge in [-0.15, -0.1) is 0 Å². The first-order valence-corrected chi connectivity index (χ1v) is 6.93. The molecule has 0 unspecified atom stereocenters. The fourth-order valence-corrected chi connectivity index (χ4v) is 2.54. The van der Waals surface area contributed by atoms with Crippen LogP contribution in [0.2, 0.25) is 0 Å². The Hall–Kier alpha value is -2.86. The third-order valence-electron chi connectivity index (χ3n) is 3.62. The van der Waals surface area contributed by atoms with Crippen LogP contribution in [0, 0.1) is 0 Å². The van der Waals surface area contributed by atoms with Crippen LogP contribution in [0.1, 0.15) is 41.0 Å². The topological polar surface area (TPSA) is 112 Å². The maximum atomic E-state index is 12.5. The van der Waals surface area contributed by atoms with Crippen LogP contribution in [0.3, 0.4) is 0 Å². The Bertz CT molecular complexity index is 687. The molecule has 23 heavy (non-hydrogen) atoms. The summed E-state index contributed by atoms with van der Waals surface area (Å²) < 4.78 is 4.72. The summed E-state index contributed by atoms with van der Waals surface area (Å²) >= 11 is 0. The lowest BCUT2D eigenvalue weighted by atomic mass is 9.95. The number of fused-ring (bicyclic) bond motifs is 1. The van der Waals surface area contributed by atoms with Gasteiger partial charge in [0.2, 0.25) is 0 Å². The summed E-state index contributed by atoms with van der Waals surface area (Å²) in [6.45, 7) is 3.22. The van der Waals surface area contributed by atoms with Crippen LogP contribution >= 0.6 is 0 Å². The number of ether oxygens (including phenoxy) is 1. The van der Waals surface area contributed by atoms with Gasteiger partial charge in [0, 0.05) is 10.5 Å². The summed E-state index contributed by atoms with van der Waals surface area (Å²) in [6, 6.07) is 5.19. The Morgan fingerprint density at radius 3 is 2.26 bits per heavy atom. The van der Waals surface area contributed by atoms with E-state index in [-0.39, 0.29) is 17.5 Å². The molecule has 1 aromatic carbocycles.